The lowest BCUT2D eigenvalue weighted by molar-refractivity contribution is 0.900. The van der Waals surface area contributed by atoms with Crippen LogP contribution in [-0.4, -0.2) is 4.98 Å². The summed E-state index contributed by atoms with van der Waals surface area (Å²) in [7, 11) is 0. The zero-order valence-electron chi connectivity index (χ0n) is 8.83. The molecule has 0 atom stereocenters. The van der Waals surface area contributed by atoms with E-state index in [1.807, 2.05) is 18.2 Å². The number of thiol groups is 1. The monoisotopic (exact) mass is 249 g/mol. The number of hydrogen-bond donors (Lipinski definition) is 1. The zero-order chi connectivity index (χ0) is 11.1. The Morgan fingerprint density at radius 2 is 2.19 bits per heavy atom. The first-order valence-electron chi connectivity index (χ1n) is 5.50. The average Bonchev–Trinajstić information content (AvgIpc) is 2.73. The van der Waals surface area contributed by atoms with Gasteiger partial charge in [0, 0.05) is 21.9 Å². The van der Waals surface area contributed by atoms with E-state index in [-0.39, 0.29) is 0 Å². The molecular formula is C13H12ClNS. The fourth-order valence-corrected chi connectivity index (χ4v) is 3.05. The Morgan fingerprint density at radius 3 is 3.00 bits per heavy atom. The summed E-state index contributed by atoms with van der Waals surface area (Å²) in [6, 6.07) is 5.91. The molecule has 2 aromatic rings. The molecule has 0 saturated heterocycles. The normalized spacial score (nSPS) is 14.4. The van der Waals surface area contributed by atoms with Crippen LogP contribution in [0.5, 0.6) is 0 Å². The Morgan fingerprint density at radius 1 is 1.31 bits per heavy atom. The number of aryl methyl sites for hydroxylation is 1. The smallest absolute Gasteiger partial charge is 0.0709 e. The van der Waals surface area contributed by atoms with Gasteiger partial charge in [-0.2, -0.15) is 12.6 Å². The highest BCUT2D eigenvalue weighted by atomic mass is 35.5. The molecule has 1 aliphatic rings. The molecule has 0 amide bonds. The van der Waals surface area contributed by atoms with Gasteiger partial charge in [0.1, 0.15) is 0 Å². The summed E-state index contributed by atoms with van der Waals surface area (Å²) in [5.41, 5.74) is 5.04. The molecule has 1 aromatic carbocycles. The lowest BCUT2D eigenvalue weighted by atomic mass is 10.0. The van der Waals surface area contributed by atoms with E-state index < -0.39 is 0 Å². The summed E-state index contributed by atoms with van der Waals surface area (Å²) < 4.78 is 0. The second-order valence-electron chi connectivity index (χ2n) is 4.19. The number of aromatic nitrogens is 1. The third-order valence-corrected chi connectivity index (χ3v) is 3.80. The van der Waals surface area contributed by atoms with E-state index in [1.54, 1.807) is 0 Å². The third kappa shape index (κ3) is 1.52. The fraction of sp³-hybridized carbons (Fsp3) is 0.308. The molecule has 0 saturated carbocycles. The molecule has 0 aliphatic heterocycles. The Hall–Kier alpha value is -0.730. The van der Waals surface area contributed by atoms with Gasteiger partial charge in [-0.25, -0.2) is 0 Å². The topological polar surface area (TPSA) is 12.9 Å². The summed E-state index contributed by atoms with van der Waals surface area (Å²) in [5.74, 6) is 0.766. The van der Waals surface area contributed by atoms with Gasteiger partial charge in [0.25, 0.3) is 0 Å². The summed E-state index contributed by atoms with van der Waals surface area (Å²) in [6.07, 6.45) is 3.46. The zero-order valence-corrected chi connectivity index (χ0v) is 10.5. The van der Waals surface area contributed by atoms with Crippen molar-refractivity contribution in [2.75, 3.05) is 0 Å². The number of nitrogens with zero attached hydrogens (tertiary/aromatic N) is 1. The molecule has 1 aliphatic carbocycles. The van der Waals surface area contributed by atoms with Crippen molar-refractivity contribution in [1.82, 2.24) is 4.98 Å². The van der Waals surface area contributed by atoms with Crippen LogP contribution < -0.4 is 0 Å². The molecular weight excluding hydrogens is 238 g/mol. The largest absolute Gasteiger partial charge is 0.253 e. The number of pyridine rings is 1. The maximum atomic E-state index is 6.05. The van der Waals surface area contributed by atoms with E-state index in [9.17, 15) is 0 Å². The molecule has 0 bridgehead atoms. The van der Waals surface area contributed by atoms with E-state index in [4.69, 9.17) is 16.6 Å². The van der Waals surface area contributed by atoms with E-state index in [0.717, 1.165) is 29.1 Å². The minimum Gasteiger partial charge on any atom is -0.253 e. The van der Waals surface area contributed by atoms with Crippen LogP contribution in [0.4, 0.5) is 0 Å². The number of halogens is 1. The maximum Gasteiger partial charge on any atom is 0.0709 e. The lowest BCUT2D eigenvalue weighted by Crippen LogP contribution is -1.96. The summed E-state index contributed by atoms with van der Waals surface area (Å²) in [6.45, 7) is 0. The van der Waals surface area contributed by atoms with Crippen molar-refractivity contribution in [2.24, 2.45) is 0 Å². The Kier molecular flexibility index (Phi) is 2.56. The van der Waals surface area contributed by atoms with E-state index in [1.165, 1.54) is 28.6 Å². The quantitative estimate of drug-likeness (QED) is 0.759. The van der Waals surface area contributed by atoms with Gasteiger partial charge in [0.15, 0.2) is 0 Å². The molecule has 1 nitrogen and oxygen atoms in total. The predicted octanol–water partition coefficient (Wildman–Crippen LogP) is 3.81. The molecule has 16 heavy (non-hydrogen) atoms. The van der Waals surface area contributed by atoms with Crippen LogP contribution in [0.2, 0.25) is 5.02 Å². The highest BCUT2D eigenvalue weighted by Gasteiger charge is 2.18. The number of rotatable bonds is 1. The second-order valence-corrected chi connectivity index (χ2v) is 4.94. The predicted molar refractivity (Wildman–Crippen MR) is 71.5 cm³/mol. The molecule has 0 radical (unpaired) electrons. The van der Waals surface area contributed by atoms with Crippen molar-refractivity contribution in [3.8, 4) is 0 Å². The highest BCUT2D eigenvalue weighted by molar-refractivity contribution is 7.79. The lowest BCUT2D eigenvalue weighted by Gasteiger charge is -2.10. The molecule has 1 aromatic heterocycles. The van der Waals surface area contributed by atoms with Crippen LogP contribution in [0, 0.1) is 0 Å². The summed E-state index contributed by atoms with van der Waals surface area (Å²) in [4.78, 5) is 4.71. The molecule has 0 unspecified atom stereocenters. The van der Waals surface area contributed by atoms with Gasteiger partial charge < -0.3 is 0 Å². The molecule has 0 spiro atoms. The first-order valence-corrected chi connectivity index (χ1v) is 6.51. The highest BCUT2D eigenvalue weighted by Crippen LogP contribution is 2.32. The number of hydrogen-bond acceptors (Lipinski definition) is 2. The van der Waals surface area contributed by atoms with Crippen molar-refractivity contribution in [2.45, 2.75) is 25.0 Å². The number of benzene rings is 1. The van der Waals surface area contributed by atoms with Crippen LogP contribution in [0.3, 0.4) is 0 Å². The van der Waals surface area contributed by atoms with Gasteiger partial charge >= 0.3 is 0 Å². The average molecular weight is 250 g/mol. The van der Waals surface area contributed by atoms with Gasteiger partial charge in [-0.3, -0.25) is 4.98 Å². The third-order valence-electron chi connectivity index (χ3n) is 3.25. The van der Waals surface area contributed by atoms with Gasteiger partial charge in [0.05, 0.1) is 5.52 Å². The number of fused-ring (bicyclic) bond motifs is 2. The van der Waals surface area contributed by atoms with E-state index in [2.05, 4.69) is 12.6 Å². The van der Waals surface area contributed by atoms with E-state index >= 15 is 0 Å². The van der Waals surface area contributed by atoms with Crippen molar-refractivity contribution in [1.29, 1.82) is 0 Å². The van der Waals surface area contributed by atoms with Crippen molar-refractivity contribution >= 4 is 35.1 Å². The van der Waals surface area contributed by atoms with Crippen LogP contribution in [0.15, 0.2) is 18.2 Å². The standard InChI is InChI=1S/C13H12ClNS/c14-8-4-5-13-10(6-8)11(7-16)9-2-1-3-12(9)15-13/h4-6,16H,1-3,7H2. The SMILES string of the molecule is SCc1c2c(nc3ccc(Cl)cc13)CCC2. The minimum atomic E-state index is 0.766. The molecule has 0 N–H and O–H groups in total. The van der Waals surface area contributed by atoms with Crippen LogP contribution in [0.25, 0.3) is 10.9 Å². The Balaban J connectivity index is 2.40. The second kappa shape index (κ2) is 3.94. The van der Waals surface area contributed by atoms with Gasteiger partial charge in [-0.1, -0.05) is 11.6 Å². The molecule has 0 fully saturated rings. The summed E-state index contributed by atoms with van der Waals surface area (Å²) in [5, 5.41) is 1.94. The van der Waals surface area contributed by atoms with Crippen molar-refractivity contribution in [3.63, 3.8) is 0 Å². The molecule has 1 heterocycles. The fourth-order valence-electron chi connectivity index (χ4n) is 2.51. The first kappa shape index (κ1) is 10.4. The maximum absolute atomic E-state index is 6.05. The Labute approximate surface area is 105 Å². The van der Waals surface area contributed by atoms with Gasteiger partial charge in [0.2, 0.25) is 0 Å². The molecule has 3 heteroatoms. The van der Waals surface area contributed by atoms with Gasteiger partial charge in [-0.05, 0) is 48.6 Å². The van der Waals surface area contributed by atoms with Crippen LogP contribution in [-0.2, 0) is 18.6 Å². The van der Waals surface area contributed by atoms with Crippen molar-refractivity contribution < 1.29 is 0 Å². The van der Waals surface area contributed by atoms with Crippen LogP contribution in [0.1, 0.15) is 23.2 Å². The van der Waals surface area contributed by atoms with Gasteiger partial charge in [-0.15, -0.1) is 0 Å². The minimum absolute atomic E-state index is 0.766. The first-order chi connectivity index (χ1) is 7.79. The Bertz CT molecular complexity index is 565. The van der Waals surface area contributed by atoms with E-state index in [0.29, 0.717) is 0 Å². The molecule has 82 valence electrons. The van der Waals surface area contributed by atoms with Crippen LogP contribution >= 0.6 is 24.2 Å². The molecule has 3 rings (SSSR count). The summed E-state index contributed by atoms with van der Waals surface area (Å²) >= 11 is 10.5. The van der Waals surface area contributed by atoms with Crippen molar-refractivity contribution in [3.05, 3.63) is 40.0 Å².